The molecule has 0 aliphatic carbocycles. The molecule has 0 bridgehead atoms. The van der Waals surface area contributed by atoms with Crippen molar-refractivity contribution in [2.75, 3.05) is 12.4 Å². The van der Waals surface area contributed by atoms with Crippen LogP contribution in [0.5, 0.6) is 11.5 Å². The largest absolute Gasteiger partial charge is 0.497 e. The lowest BCUT2D eigenvalue weighted by atomic mass is 9.84. The number of anilines is 1. The highest BCUT2D eigenvalue weighted by Crippen LogP contribution is 2.50. The van der Waals surface area contributed by atoms with E-state index in [1.807, 2.05) is 53.2 Å². The quantitative estimate of drug-likeness (QED) is 0.407. The van der Waals surface area contributed by atoms with Gasteiger partial charge in [0.05, 0.1) is 12.8 Å². The Labute approximate surface area is 193 Å². The Hall–Kier alpha value is -3.58. The van der Waals surface area contributed by atoms with E-state index in [2.05, 4.69) is 55.6 Å². The molecule has 0 saturated carbocycles. The summed E-state index contributed by atoms with van der Waals surface area (Å²) in [4.78, 5) is 4.48. The third-order valence-electron chi connectivity index (χ3n) is 5.90. The summed E-state index contributed by atoms with van der Waals surface area (Å²) >= 11 is 3.54. The van der Waals surface area contributed by atoms with Gasteiger partial charge in [0.2, 0.25) is 5.95 Å². The van der Waals surface area contributed by atoms with Crippen LogP contribution in [0.4, 0.5) is 5.95 Å². The first-order valence-electron chi connectivity index (χ1n) is 10.3. The summed E-state index contributed by atoms with van der Waals surface area (Å²) in [6.45, 7) is 0. The number of nitrogens with zero attached hydrogens (tertiary/aromatic N) is 3. The molecule has 6 rings (SSSR count). The van der Waals surface area contributed by atoms with Crippen LogP contribution in [0.2, 0.25) is 0 Å². The van der Waals surface area contributed by atoms with E-state index in [-0.39, 0.29) is 12.1 Å². The second kappa shape index (κ2) is 7.53. The van der Waals surface area contributed by atoms with Crippen molar-refractivity contribution in [3.05, 3.63) is 106 Å². The van der Waals surface area contributed by atoms with Gasteiger partial charge in [0.15, 0.2) is 0 Å². The van der Waals surface area contributed by atoms with E-state index >= 15 is 0 Å². The molecule has 2 atom stereocenters. The van der Waals surface area contributed by atoms with Gasteiger partial charge in [-0.25, -0.2) is 4.68 Å². The molecular formula is C25H19BrN4O2. The van der Waals surface area contributed by atoms with Gasteiger partial charge in [0.1, 0.15) is 30.0 Å². The van der Waals surface area contributed by atoms with Crippen molar-refractivity contribution in [1.29, 1.82) is 0 Å². The molecule has 158 valence electrons. The Morgan fingerprint density at radius 2 is 1.84 bits per heavy atom. The first-order valence-corrected chi connectivity index (χ1v) is 11.1. The summed E-state index contributed by atoms with van der Waals surface area (Å²) in [5.74, 6) is 2.33. The van der Waals surface area contributed by atoms with E-state index in [9.17, 15) is 0 Å². The molecule has 0 amide bonds. The minimum absolute atomic E-state index is 0.208. The van der Waals surface area contributed by atoms with Gasteiger partial charge in [0, 0.05) is 15.6 Å². The lowest BCUT2D eigenvalue weighted by molar-refractivity contribution is 0.223. The molecule has 3 aromatic carbocycles. The van der Waals surface area contributed by atoms with Crippen LogP contribution in [0.15, 0.2) is 89.2 Å². The first-order chi connectivity index (χ1) is 15.7. The van der Waals surface area contributed by atoms with Gasteiger partial charge in [-0.2, -0.15) is 10.1 Å². The van der Waals surface area contributed by atoms with E-state index < -0.39 is 0 Å². The lowest BCUT2D eigenvalue weighted by Gasteiger charge is -2.39. The third kappa shape index (κ3) is 3.00. The zero-order valence-electron chi connectivity index (χ0n) is 17.2. The average molecular weight is 487 g/mol. The van der Waals surface area contributed by atoms with Crippen LogP contribution in [0, 0.1) is 0 Å². The molecule has 2 aliphatic rings. The van der Waals surface area contributed by atoms with Crippen LogP contribution in [-0.4, -0.2) is 21.9 Å². The van der Waals surface area contributed by atoms with Crippen molar-refractivity contribution in [2.24, 2.45) is 0 Å². The van der Waals surface area contributed by atoms with Crippen molar-refractivity contribution in [1.82, 2.24) is 14.8 Å². The summed E-state index contributed by atoms with van der Waals surface area (Å²) in [7, 11) is 1.68. The number of hydrogen-bond donors (Lipinski definition) is 1. The molecule has 2 aliphatic heterocycles. The average Bonchev–Trinajstić information content (AvgIpc) is 3.31. The summed E-state index contributed by atoms with van der Waals surface area (Å²) in [6.07, 6.45) is 1.28. The molecule has 0 unspecified atom stereocenters. The summed E-state index contributed by atoms with van der Waals surface area (Å²) in [6, 6.07) is 24.2. The number of ether oxygens (including phenoxy) is 2. The molecule has 1 N–H and O–H groups in total. The van der Waals surface area contributed by atoms with Gasteiger partial charge in [-0.15, -0.1) is 0 Å². The third-order valence-corrected chi connectivity index (χ3v) is 6.43. The van der Waals surface area contributed by atoms with Gasteiger partial charge in [0.25, 0.3) is 0 Å². The maximum atomic E-state index is 6.62. The predicted octanol–water partition coefficient (Wildman–Crippen LogP) is 5.61. The van der Waals surface area contributed by atoms with Crippen molar-refractivity contribution < 1.29 is 9.47 Å². The van der Waals surface area contributed by atoms with Crippen LogP contribution >= 0.6 is 15.9 Å². The fraction of sp³-hybridized carbons (Fsp3) is 0.120. The number of aromatic nitrogens is 3. The maximum absolute atomic E-state index is 6.62. The fourth-order valence-corrected chi connectivity index (χ4v) is 4.73. The standard InChI is InChI=1S/C25H19BrN4O2/c1-31-18-6-4-5-16(13-18)23-21-22(29-25-27-14-28-30(23)25)19-7-2-3-8-20(19)32-24(21)15-9-11-17(26)12-10-15/h2-14,23-24H,1H3,(H,27,28,29)/t23-,24-/m0/s1. The number of nitrogens with one attached hydrogen (secondary N) is 1. The highest BCUT2D eigenvalue weighted by atomic mass is 79.9. The molecule has 32 heavy (non-hydrogen) atoms. The molecule has 6 nitrogen and oxygen atoms in total. The number of hydrogen-bond acceptors (Lipinski definition) is 5. The van der Waals surface area contributed by atoms with Crippen molar-refractivity contribution in [3.63, 3.8) is 0 Å². The smallest absolute Gasteiger partial charge is 0.226 e. The lowest BCUT2D eigenvalue weighted by Crippen LogP contribution is -2.32. The molecular weight excluding hydrogens is 468 g/mol. The molecule has 7 heteroatoms. The van der Waals surface area contributed by atoms with E-state index in [1.165, 1.54) is 0 Å². The van der Waals surface area contributed by atoms with Crippen molar-refractivity contribution in [3.8, 4) is 11.5 Å². The molecule has 4 aromatic rings. The molecule has 3 heterocycles. The van der Waals surface area contributed by atoms with Crippen LogP contribution in [0.25, 0.3) is 5.70 Å². The monoisotopic (exact) mass is 486 g/mol. The SMILES string of the molecule is COc1cccc([C@H]2C3=C(Nc4ncnn42)c2ccccc2O[C@H]3c2ccc(Br)cc2)c1. The van der Waals surface area contributed by atoms with Gasteiger partial charge < -0.3 is 14.8 Å². The number of halogens is 1. The van der Waals surface area contributed by atoms with Crippen LogP contribution < -0.4 is 14.8 Å². The van der Waals surface area contributed by atoms with E-state index in [4.69, 9.17) is 9.47 Å². The zero-order valence-corrected chi connectivity index (χ0v) is 18.8. The minimum Gasteiger partial charge on any atom is -0.497 e. The van der Waals surface area contributed by atoms with E-state index in [0.717, 1.165) is 43.9 Å². The fourth-order valence-electron chi connectivity index (χ4n) is 4.46. The second-order valence-electron chi connectivity index (χ2n) is 7.71. The minimum atomic E-state index is -0.297. The normalized spacial score (nSPS) is 18.7. The summed E-state index contributed by atoms with van der Waals surface area (Å²) in [5.41, 5.74) is 5.21. The highest BCUT2D eigenvalue weighted by molar-refractivity contribution is 9.10. The van der Waals surface area contributed by atoms with E-state index in [0.29, 0.717) is 5.95 Å². The topological polar surface area (TPSA) is 61.2 Å². The number of rotatable bonds is 3. The Morgan fingerprint density at radius 3 is 2.69 bits per heavy atom. The Kier molecular flexibility index (Phi) is 4.50. The number of fused-ring (bicyclic) bond motifs is 3. The second-order valence-corrected chi connectivity index (χ2v) is 8.62. The highest BCUT2D eigenvalue weighted by Gasteiger charge is 2.40. The molecule has 0 fully saturated rings. The Balaban J connectivity index is 1.62. The maximum Gasteiger partial charge on any atom is 0.226 e. The van der Waals surface area contributed by atoms with Crippen LogP contribution in [0.3, 0.4) is 0 Å². The number of para-hydroxylation sites is 1. The van der Waals surface area contributed by atoms with Crippen LogP contribution in [0.1, 0.15) is 28.8 Å². The Morgan fingerprint density at radius 1 is 1.00 bits per heavy atom. The summed E-state index contributed by atoms with van der Waals surface area (Å²) < 4.78 is 15.1. The van der Waals surface area contributed by atoms with Gasteiger partial charge >= 0.3 is 0 Å². The first kappa shape index (κ1) is 19.1. The van der Waals surface area contributed by atoms with Crippen LogP contribution in [-0.2, 0) is 0 Å². The predicted molar refractivity (Wildman–Crippen MR) is 126 cm³/mol. The number of methoxy groups -OCH3 is 1. The van der Waals surface area contributed by atoms with Crippen molar-refractivity contribution >= 4 is 27.6 Å². The molecule has 0 saturated heterocycles. The van der Waals surface area contributed by atoms with Gasteiger partial charge in [-0.3, -0.25) is 0 Å². The molecule has 0 spiro atoms. The van der Waals surface area contributed by atoms with E-state index in [1.54, 1.807) is 13.4 Å². The molecule has 0 radical (unpaired) electrons. The Bertz CT molecular complexity index is 1350. The zero-order chi connectivity index (χ0) is 21.7. The number of benzene rings is 3. The van der Waals surface area contributed by atoms with Gasteiger partial charge in [-0.05, 0) is 47.5 Å². The van der Waals surface area contributed by atoms with Crippen molar-refractivity contribution in [2.45, 2.75) is 12.1 Å². The summed E-state index contributed by atoms with van der Waals surface area (Å²) in [5, 5.41) is 8.09. The van der Waals surface area contributed by atoms with Gasteiger partial charge in [-0.1, -0.05) is 52.3 Å². The molecule has 1 aromatic heterocycles.